The first-order valence-electron chi connectivity index (χ1n) is 11.1. The summed E-state index contributed by atoms with van der Waals surface area (Å²) in [5.41, 5.74) is 0.423. The lowest BCUT2D eigenvalue weighted by Gasteiger charge is -2.11. The highest BCUT2D eigenvalue weighted by molar-refractivity contribution is 7.87. The summed E-state index contributed by atoms with van der Waals surface area (Å²) in [5, 5.41) is 22.9. The van der Waals surface area contributed by atoms with Gasteiger partial charge in [-0.25, -0.2) is 4.79 Å². The first kappa shape index (κ1) is 28.4. The van der Waals surface area contributed by atoms with Crippen LogP contribution in [0.1, 0.15) is 22.8 Å². The van der Waals surface area contributed by atoms with Gasteiger partial charge < -0.3 is 19.0 Å². The first-order chi connectivity index (χ1) is 18.6. The number of hydrogen-bond donors (Lipinski definition) is 1. The van der Waals surface area contributed by atoms with E-state index in [4.69, 9.17) is 13.7 Å². The van der Waals surface area contributed by atoms with E-state index in [9.17, 15) is 33.4 Å². The molecule has 0 aliphatic rings. The van der Waals surface area contributed by atoms with Gasteiger partial charge in [0.2, 0.25) is 0 Å². The Labute approximate surface area is 223 Å². The third-order valence-electron chi connectivity index (χ3n) is 5.05. The van der Waals surface area contributed by atoms with E-state index in [0.29, 0.717) is 16.8 Å². The lowest BCUT2D eigenvalue weighted by molar-refractivity contribution is -0.384. The van der Waals surface area contributed by atoms with Crippen LogP contribution in [0.5, 0.6) is 11.5 Å². The molecule has 0 fully saturated rings. The number of carbonyl (C=O) groups is 2. The van der Waals surface area contributed by atoms with Gasteiger partial charge in [-0.3, -0.25) is 14.9 Å². The van der Waals surface area contributed by atoms with Crippen molar-refractivity contribution in [1.29, 1.82) is 5.26 Å². The topological polar surface area (TPSA) is 175 Å². The Bertz CT molecular complexity index is 1570. The molecular formula is C26H21N3O9S. The van der Waals surface area contributed by atoms with Crippen molar-refractivity contribution in [3.63, 3.8) is 0 Å². The molecule has 3 aromatic rings. The molecule has 0 aromatic heterocycles. The first-order valence-corrected chi connectivity index (χ1v) is 12.6. The van der Waals surface area contributed by atoms with Crippen LogP contribution in [0.2, 0.25) is 0 Å². The molecule has 1 N–H and O–H groups in total. The molecule has 13 heteroatoms. The van der Waals surface area contributed by atoms with Gasteiger partial charge in [0.15, 0.2) is 11.5 Å². The number of nitriles is 1. The van der Waals surface area contributed by atoms with E-state index in [1.807, 2.05) is 0 Å². The molecule has 0 heterocycles. The van der Waals surface area contributed by atoms with Crippen molar-refractivity contribution in [2.75, 3.05) is 19.0 Å². The van der Waals surface area contributed by atoms with Gasteiger partial charge in [-0.1, -0.05) is 6.07 Å². The quantitative estimate of drug-likeness (QED) is 0.0964. The number of nitro groups is 1. The minimum absolute atomic E-state index is 0.0125. The zero-order chi connectivity index (χ0) is 28.6. The monoisotopic (exact) mass is 551 g/mol. The lowest BCUT2D eigenvalue weighted by Crippen LogP contribution is -2.13. The van der Waals surface area contributed by atoms with E-state index in [1.54, 1.807) is 13.0 Å². The Kier molecular flexibility index (Phi) is 8.98. The van der Waals surface area contributed by atoms with Crippen LogP contribution >= 0.6 is 0 Å². The van der Waals surface area contributed by atoms with E-state index >= 15 is 0 Å². The number of anilines is 1. The summed E-state index contributed by atoms with van der Waals surface area (Å²) in [7, 11) is -3.08. The molecule has 0 unspecified atom stereocenters. The van der Waals surface area contributed by atoms with E-state index in [0.717, 1.165) is 24.3 Å². The standard InChI is InChI=1S/C26H21N3O9S/c1-3-37-26(31)18-5-7-20(8-6-18)28-25(30)19(16-27)14-17-4-13-23(24(15-17)36-2)38-39(34,35)22-11-9-21(10-12-22)29(32)33/h4-15H,3H2,1-2H3,(H,28,30)/b19-14+. The Morgan fingerprint density at radius 2 is 1.72 bits per heavy atom. The zero-order valence-electron chi connectivity index (χ0n) is 20.6. The highest BCUT2D eigenvalue weighted by Crippen LogP contribution is 2.32. The number of non-ortho nitro benzene ring substituents is 1. The second-order valence-electron chi connectivity index (χ2n) is 7.62. The molecular weight excluding hydrogens is 530 g/mol. The second-order valence-corrected chi connectivity index (χ2v) is 9.17. The normalized spacial score (nSPS) is 11.2. The minimum atomic E-state index is -4.35. The Morgan fingerprint density at radius 1 is 1.05 bits per heavy atom. The fraction of sp³-hybridized carbons (Fsp3) is 0.115. The fourth-order valence-corrected chi connectivity index (χ4v) is 4.10. The van der Waals surface area contributed by atoms with Gasteiger partial charge in [0, 0.05) is 17.8 Å². The van der Waals surface area contributed by atoms with Crippen molar-refractivity contribution < 1.29 is 36.6 Å². The lowest BCUT2D eigenvalue weighted by atomic mass is 10.1. The van der Waals surface area contributed by atoms with Crippen molar-refractivity contribution in [1.82, 2.24) is 0 Å². The number of nitrogens with one attached hydrogen (secondary N) is 1. The fourth-order valence-electron chi connectivity index (χ4n) is 3.16. The van der Waals surface area contributed by atoms with Crippen molar-refractivity contribution >= 4 is 39.4 Å². The summed E-state index contributed by atoms with van der Waals surface area (Å²) in [6.45, 7) is 1.91. The Hall–Kier alpha value is -5.22. The number of nitro benzene ring substituents is 1. The molecule has 200 valence electrons. The van der Waals surface area contributed by atoms with Crippen molar-refractivity contribution in [2.24, 2.45) is 0 Å². The van der Waals surface area contributed by atoms with E-state index < -0.39 is 26.9 Å². The predicted molar refractivity (Wildman–Crippen MR) is 139 cm³/mol. The number of ether oxygens (including phenoxy) is 2. The highest BCUT2D eigenvalue weighted by Gasteiger charge is 2.21. The third kappa shape index (κ3) is 7.18. The number of amides is 1. The van der Waals surface area contributed by atoms with Crippen LogP contribution in [-0.2, 0) is 19.6 Å². The smallest absolute Gasteiger partial charge is 0.339 e. The zero-order valence-corrected chi connectivity index (χ0v) is 21.4. The summed E-state index contributed by atoms with van der Waals surface area (Å²) >= 11 is 0. The van der Waals surface area contributed by atoms with Crippen LogP contribution in [0, 0.1) is 21.4 Å². The third-order valence-corrected chi connectivity index (χ3v) is 6.30. The molecule has 3 aromatic carbocycles. The molecule has 12 nitrogen and oxygen atoms in total. The van der Waals surface area contributed by atoms with Crippen molar-refractivity contribution in [3.8, 4) is 17.6 Å². The van der Waals surface area contributed by atoms with Crippen LogP contribution in [0.4, 0.5) is 11.4 Å². The van der Waals surface area contributed by atoms with Crippen molar-refractivity contribution in [2.45, 2.75) is 11.8 Å². The molecule has 0 aliphatic heterocycles. The van der Waals surface area contributed by atoms with Crippen LogP contribution in [0.15, 0.2) is 77.2 Å². The van der Waals surface area contributed by atoms with E-state index in [-0.39, 0.29) is 34.3 Å². The largest absolute Gasteiger partial charge is 0.493 e. The number of esters is 1. The van der Waals surface area contributed by atoms with Crippen molar-refractivity contribution in [3.05, 3.63) is 93.5 Å². The molecule has 1 amide bonds. The summed E-state index contributed by atoms with van der Waals surface area (Å²) < 4.78 is 40.5. The number of methoxy groups -OCH3 is 1. The molecule has 0 saturated carbocycles. The summed E-state index contributed by atoms with van der Waals surface area (Å²) in [5.74, 6) is -1.42. The van der Waals surface area contributed by atoms with Crippen LogP contribution < -0.4 is 14.2 Å². The minimum Gasteiger partial charge on any atom is -0.493 e. The number of carbonyl (C=O) groups excluding carboxylic acids is 2. The maximum Gasteiger partial charge on any atom is 0.339 e. The molecule has 0 saturated heterocycles. The molecule has 0 bridgehead atoms. The van der Waals surface area contributed by atoms with Gasteiger partial charge in [-0.15, -0.1) is 0 Å². The second kappa shape index (κ2) is 12.3. The van der Waals surface area contributed by atoms with Gasteiger partial charge in [0.05, 0.1) is 24.2 Å². The molecule has 0 spiro atoms. The van der Waals surface area contributed by atoms with E-state index in [2.05, 4.69) is 5.32 Å². The SMILES string of the molecule is CCOC(=O)c1ccc(NC(=O)/C(C#N)=C/c2ccc(OS(=O)(=O)c3ccc([N+](=O)[O-])cc3)c(OC)c2)cc1. The number of hydrogen-bond acceptors (Lipinski definition) is 10. The number of rotatable bonds is 10. The van der Waals surface area contributed by atoms with Gasteiger partial charge >= 0.3 is 16.1 Å². The Morgan fingerprint density at radius 3 is 2.28 bits per heavy atom. The summed E-state index contributed by atoms with van der Waals surface area (Å²) in [6.07, 6.45) is 1.26. The number of benzene rings is 3. The molecule has 0 radical (unpaired) electrons. The van der Waals surface area contributed by atoms with Gasteiger partial charge in [-0.05, 0) is 67.1 Å². The maximum absolute atomic E-state index is 12.6. The van der Waals surface area contributed by atoms with E-state index in [1.165, 1.54) is 55.7 Å². The highest BCUT2D eigenvalue weighted by atomic mass is 32.2. The number of nitrogens with zero attached hydrogens (tertiary/aromatic N) is 2. The van der Waals surface area contributed by atoms with Gasteiger partial charge in [-0.2, -0.15) is 13.7 Å². The van der Waals surface area contributed by atoms with Crippen LogP contribution in [0.25, 0.3) is 6.08 Å². The van der Waals surface area contributed by atoms with Crippen LogP contribution in [-0.4, -0.2) is 38.9 Å². The van der Waals surface area contributed by atoms with Gasteiger partial charge in [0.1, 0.15) is 16.5 Å². The summed E-state index contributed by atoms with van der Waals surface area (Å²) in [6, 6.07) is 15.9. The molecule has 3 rings (SSSR count). The Balaban J connectivity index is 1.78. The predicted octanol–water partition coefficient (Wildman–Crippen LogP) is 4.09. The van der Waals surface area contributed by atoms with Gasteiger partial charge in [0.25, 0.3) is 11.6 Å². The average molecular weight is 552 g/mol. The van der Waals surface area contributed by atoms with Crippen LogP contribution in [0.3, 0.4) is 0 Å². The molecule has 0 aliphatic carbocycles. The maximum atomic E-state index is 12.6. The summed E-state index contributed by atoms with van der Waals surface area (Å²) in [4.78, 5) is 34.2. The average Bonchev–Trinajstić information content (AvgIpc) is 2.92. The molecule has 0 atom stereocenters. The molecule has 39 heavy (non-hydrogen) atoms.